The molecule has 3 saturated carbocycles. The highest BCUT2D eigenvalue weighted by atomic mass is 16.6. The molecule has 0 bridgehead atoms. The van der Waals surface area contributed by atoms with Gasteiger partial charge in [-0.15, -0.1) is 0 Å². The van der Waals surface area contributed by atoms with Gasteiger partial charge in [-0.05, 0) is 91.0 Å². The first-order valence-corrected chi connectivity index (χ1v) is 12.5. The molecule has 6 heteroatoms. The van der Waals surface area contributed by atoms with Crippen LogP contribution < -0.4 is 0 Å². The highest BCUT2D eigenvalue weighted by molar-refractivity contribution is 6.06. The third kappa shape index (κ3) is 3.62. The molecule has 0 aliphatic heterocycles. The normalized spacial score (nSPS) is 37.9. The van der Waals surface area contributed by atoms with Crippen LogP contribution >= 0.6 is 0 Å². The van der Waals surface area contributed by atoms with Gasteiger partial charge in [-0.2, -0.15) is 0 Å². The number of hydrogen-bond donors (Lipinski definition) is 0. The third-order valence-electron chi connectivity index (χ3n) is 9.48. The molecule has 3 fully saturated rings. The SMILES string of the molecule is CC(=O)O[C@@H]1CC[C@@]2(C)C(=CC[C@H]3[C@H]2CC[C@]2(C)C(=O)/C(=C/c4ccc([N+](=O)[O-])cc4)C[C@H]32)C1. The number of nitro groups is 1. The van der Waals surface area contributed by atoms with E-state index in [1.54, 1.807) is 12.1 Å². The molecule has 1 aromatic rings. The Labute approximate surface area is 200 Å². The van der Waals surface area contributed by atoms with Gasteiger partial charge in [0, 0.05) is 30.9 Å². The Morgan fingerprint density at radius 1 is 1.09 bits per heavy atom. The van der Waals surface area contributed by atoms with Gasteiger partial charge in [0.25, 0.3) is 5.69 Å². The fraction of sp³-hybridized carbons (Fsp3) is 0.571. The van der Waals surface area contributed by atoms with Crippen molar-refractivity contribution in [3.05, 3.63) is 57.2 Å². The number of nitro benzene ring substituents is 1. The second-order valence-corrected chi connectivity index (χ2v) is 11.2. The summed E-state index contributed by atoms with van der Waals surface area (Å²) < 4.78 is 5.54. The molecule has 4 aliphatic carbocycles. The monoisotopic (exact) mass is 463 g/mol. The van der Waals surface area contributed by atoms with E-state index < -0.39 is 4.92 Å². The van der Waals surface area contributed by atoms with E-state index in [9.17, 15) is 19.7 Å². The summed E-state index contributed by atoms with van der Waals surface area (Å²) in [5.41, 5.74) is 3.00. The number of non-ortho nitro benzene ring substituents is 1. The zero-order chi connectivity index (χ0) is 24.3. The molecule has 0 saturated heterocycles. The van der Waals surface area contributed by atoms with E-state index in [2.05, 4.69) is 19.9 Å². The average Bonchev–Trinajstić information content (AvgIpc) is 3.04. The molecule has 1 aromatic carbocycles. The van der Waals surface area contributed by atoms with Gasteiger partial charge >= 0.3 is 5.97 Å². The standard InChI is InChI=1S/C28H33NO5/c1-17(30)34-22-10-12-27(2)20(16-22)6-9-23-24(27)11-13-28(3)25(23)15-19(26(28)31)14-18-4-7-21(8-5-18)29(32)33/h4-8,14,22-25H,9-13,15-16H2,1-3H3/b19-14+/t22-,23+,24-,25-,27+,28+/m1/s1. The lowest BCUT2D eigenvalue weighted by molar-refractivity contribution is -0.384. The minimum Gasteiger partial charge on any atom is -0.462 e. The fourth-order valence-electron chi connectivity index (χ4n) is 7.66. The van der Waals surface area contributed by atoms with Crippen LogP contribution in [0.25, 0.3) is 6.08 Å². The van der Waals surface area contributed by atoms with Gasteiger partial charge in [-0.3, -0.25) is 19.7 Å². The predicted octanol–water partition coefficient (Wildman–Crippen LogP) is 6.05. The van der Waals surface area contributed by atoms with E-state index in [1.807, 2.05) is 6.08 Å². The van der Waals surface area contributed by atoms with E-state index in [-0.39, 0.29) is 34.4 Å². The molecule has 6 atom stereocenters. The van der Waals surface area contributed by atoms with Crippen molar-refractivity contribution < 1.29 is 19.2 Å². The summed E-state index contributed by atoms with van der Waals surface area (Å²) in [5.74, 6) is 1.41. The zero-order valence-corrected chi connectivity index (χ0v) is 20.2. The summed E-state index contributed by atoms with van der Waals surface area (Å²) in [7, 11) is 0. The Bertz CT molecular complexity index is 1100. The second kappa shape index (κ2) is 8.17. The summed E-state index contributed by atoms with van der Waals surface area (Å²) in [6.45, 7) is 6.04. The Morgan fingerprint density at radius 3 is 2.47 bits per heavy atom. The lowest BCUT2D eigenvalue weighted by atomic mass is 9.48. The molecule has 0 unspecified atom stereocenters. The topological polar surface area (TPSA) is 86.5 Å². The van der Waals surface area contributed by atoms with Crippen molar-refractivity contribution in [2.75, 3.05) is 0 Å². The van der Waals surface area contributed by atoms with Crippen molar-refractivity contribution in [1.82, 2.24) is 0 Å². The summed E-state index contributed by atoms with van der Waals surface area (Å²) in [4.78, 5) is 35.6. The van der Waals surface area contributed by atoms with Gasteiger partial charge in [0.05, 0.1) is 4.92 Å². The van der Waals surface area contributed by atoms with Crippen LogP contribution in [0.3, 0.4) is 0 Å². The van der Waals surface area contributed by atoms with Crippen molar-refractivity contribution >= 4 is 23.5 Å². The summed E-state index contributed by atoms with van der Waals surface area (Å²) in [5, 5.41) is 11.0. The first-order chi connectivity index (χ1) is 16.1. The van der Waals surface area contributed by atoms with Gasteiger partial charge in [0.2, 0.25) is 0 Å². The number of hydrogen-bond acceptors (Lipinski definition) is 5. The van der Waals surface area contributed by atoms with Gasteiger partial charge in [-0.25, -0.2) is 0 Å². The Balaban J connectivity index is 1.40. The van der Waals surface area contributed by atoms with E-state index in [4.69, 9.17) is 4.74 Å². The number of carbonyl (C=O) groups excluding carboxylic acids is 2. The fourth-order valence-corrected chi connectivity index (χ4v) is 7.66. The van der Waals surface area contributed by atoms with E-state index >= 15 is 0 Å². The van der Waals surface area contributed by atoms with Crippen molar-refractivity contribution in [2.24, 2.45) is 28.6 Å². The van der Waals surface area contributed by atoms with Crippen LogP contribution in [0.4, 0.5) is 5.69 Å². The maximum Gasteiger partial charge on any atom is 0.302 e. The number of ketones is 1. The minimum absolute atomic E-state index is 0.00785. The maximum absolute atomic E-state index is 13.6. The third-order valence-corrected chi connectivity index (χ3v) is 9.48. The zero-order valence-electron chi connectivity index (χ0n) is 20.2. The smallest absolute Gasteiger partial charge is 0.302 e. The van der Waals surface area contributed by atoms with Crippen LogP contribution in [0.1, 0.15) is 71.3 Å². The molecule has 34 heavy (non-hydrogen) atoms. The molecule has 6 nitrogen and oxygen atoms in total. The van der Waals surface area contributed by atoms with E-state index in [1.165, 1.54) is 24.6 Å². The first kappa shape index (κ1) is 23.0. The van der Waals surface area contributed by atoms with Gasteiger partial charge in [0.1, 0.15) is 6.10 Å². The molecular formula is C28H33NO5. The van der Waals surface area contributed by atoms with Crippen molar-refractivity contribution in [3.63, 3.8) is 0 Å². The molecule has 0 radical (unpaired) electrons. The van der Waals surface area contributed by atoms with Crippen LogP contribution in [-0.4, -0.2) is 22.8 Å². The van der Waals surface area contributed by atoms with Gasteiger partial charge in [-0.1, -0.05) is 25.5 Å². The Hall–Kier alpha value is -2.76. The largest absolute Gasteiger partial charge is 0.462 e. The number of carbonyl (C=O) groups is 2. The molecule has 180 valence electrons. The molecule has 0 amide bonds. The molecular weight excluding hydrogens is 430 g/mol. The van der Waals surface area contributed by atoms with Gasteiger partial charge < -0.3 is 4.74 Å². The number of allylic oxidation sites excluding steroid dienone is 2. The molecule has 4 aliphatic rings. The number of rotatable bonds is 3. The number of fused-ring (bicyclic) bond motifs is 5. The molecule has 0 aromatic heterocycles. The van der Waals surface area contributed by atoms with Crippen molar-refractivity contribution in [3.8, 4) is 0 Å². The van der Waals surface area contributed by atoms with Crippen molar-refractivity contribution in [1.29, 1.82) is 0 Å². The summed E-state index contributed by atoms with van der Waals surface area (Å²) >= 11 is 0. The second-order valence-electron chi connectivity index (χ2n) is 11.2. The highest BCUT2D eigenvalue weighted by Crippen LogP contribution is 2.64. The Kier molecular flexibility index (Phi) is 5.53. The van der Waals surface area contributed by atoms with Crippen LogP contribution in [0.2, 0.25) is 0 Å². The number of nitrogens with zero attached hydrogens (tertiary/aromatic N) is 1. The Morgan fingerprint density at radius 2 is 1.79 bits per heavy atom. The summed E-state index contributed by atoms with van der Waals surface area (Å²) in [6, 6.07) is 6.45. The first-order valence-electron chi connectivity index (χ1n) is 12.5. The van der Waals surface area contributed by atoms with Crippen LogP contribution in [-0.2, 0) is 14.3 Å². The molecule has 0 spiro atoms. The lowest BCUT2D eigenvalue weighted by Crippen LogP contribution is -2.50. The number of benzene rings is 1. The van der Waals surface area contributed by atoms with E-state index in [0.29, 0.717) is 17.8 Å². The maximum atomic E-state index is 13.6. The average molecular weight is 464 g/mol. The highest BCUT2D eigenvalue weighted by Gasteiger charge is 2.60. The van der Waals surface area contributed by atoms with Gasteiger partial charge in [0.15, 0.2) is 5.78 Å². The van der Waals surface area contributed by atoms with Crippen LogP contribution in [0, 0.1) is 38.7 Å². The lowest BCUT2D eigenvalue weighted by Gasteiger charge is -2.56. The molecule has 5 rings (SSSR count). The van der Waals surface area contributed by atoms with Crippen molar-refractivity contribution in [2.45, 2.75) is 71.8 Å². The predicted molar refractivity (Wildman–Crippen MR) is 129 cm³/mol. The minimum atomic E-state index is -0.404. The number of esters is 1. The summed E-state index contributed by atoms with van der Waals surface area (Å²) in [6.07, 6.45) is 10.8. The number of Topliss-reactive ketones (excluding diaryl/α,β-unsaturated/α-hetero) is 1. The van der Waals surface area contributed by atoms with Crippen LogP contribution in [0.5, 0.6) is 0 Å². The van der Waals surface area contributed by atoms with E-state index in [0.717, 1.165) is 56.1 Å². The van der Waals surface area contributed by atoms with Crippen LogP contribution in [0.15, 0.2) is 41.5 Å². The molecule has 0 heterocycles. The quantitative estimate of drug-likeness (QED) is 0.179. The number of ether oxygens (including phenoxy) is 1. The molecule has 0 N–H and O–H groups in total.